The Morgan fingerprint density at radius 3 is 1.33 bits per heavy atom. The molecule has 7 heteroatoms. The van der Waals surface area contributed by atoms with Crippen LogP contribution < -0.4 is 0 Å². The fourth-order valence-electron chi connectivity index (χ4n) is 7.98. The second kappa shape index (κ2) is 15.1. The number of rotatable bonds is 7. The lowest BCUT2D eigenvalue weighted by atomic mass is 9.96. The Morgan fingerprint density at radius 2 is 0.817 bits per heavy atom. The quantitative estimate of drug-likeness (QED) is 0.161. The number of aromatic nitrogens is 4. The maximum atomic E-state index is 15.6. The van der Waals surface area contributed by atoms with Crippen molar-refractivity contribution in [2.75, 3.05) is 0 Å². The number of benzene rings is 8. The Morgan fingerprint density at radius 1 is 0.383 bits per heavy atom. The smallest absolute Gasteiger partial charge is 0.166 e. The van der Waals surface area contributed by atoms with Gasteiger partial charge in [0.25, 0.3) is 0 Å². The molecule has 0 saturated carbocycles. The van der Waals surface area contributed by atoms with Crippen LogP contribution in [0.4, 0.5) is 4.39 Å². The summed E-state index contributed by atoms with van der Waals surface area (Å²) in [4.78, 5) is 15.2. The molecule has 2 heterocycles. The van der Waals surface area contributed by atoms with Gasteiger partial charge in [-0.05, 0) is 82.4 Å². The highest BCUT2D eigenvalue weighted by Crippen LogP contribution is 2.41. The van der Waals surface area contributed by atoms with E-state index >= 15 is 4.39 Å². The minimum atomic E-state index is -0.335. The van der Waals surface area contributed by atoms with Gasteiger partial charge in [0.05, 0.1) is 40.0 Å². The molecule has 0 saturated heterocycles. The summed E-state index contributed by atoms with van der Waals surface area (Å²) in [6.45, 7) is 0. The molecule has 0 aliphatic rings. The first-order chi connectivity index (χ1) is 29.6. The molecule has 0 bridgehead atoms. The van der Waals surface area contributed by atoms with Crippen molar-refractivity contribution in [3.8, 4) is 85.4 Å². The molecule has 0 fully saturated rings. The van der Waals surface area contributed by atoms with Gasteiger partial charge < -0.3 is 4.57 Å². The molecule has 8 aromatic carbocycles. The standard InChI is InChI=1S/C53H31FN6/c54-47-22-12-11-21-43(47)38-23-26-44(53-58-51(34-13-3-1-4-14-34)57-52(59-53)35-15-5-2-6-16-35)50(31-38)60-48-27-24-36(41-19-9-7-17-39(41)32-55)29-45(48)46-30-37(25-28-49(46)60)42-20-10-8-18-40(42)33-56/h1-31H. The largest absolute Gasteiger partial charge is 0.308 e. The van der Waals surface area contributed by atoms with Crippen molar-refractivity contribution in [1.29, 1.82) is 10.5 Å². The van der Waals surface area contributed by atoms with Gasteiger partial charge in [-0.25, -0.2) is 19.3 Å². The summed E-state index contributed by atoms with van der Waals surface area (Å²) >= 11 is 0. The van der Waals surface area contributed by atoms with Crippen molar-refractivity contribution < 1.29 is 4.39 Å². The van der Waals surface area contributed by atoms with Crippen molar-refractivity contribution in [2.24, 2.45) is 0 Å². The molecule has 0 radical (unpaired) electrons. The lowest BCUT2D eigenvalue weighted by Gasteiger charge is -2.17. The van der Waals surface area contributed by atoms with Crippen molar-refractivity contribution in [2.45, 2.75) is 0 Å². The van der Waals surface area contributed by atoms with E-state index in [4.69, 9.17) is 15.0 Å². The topological polar surface area (TPSA) is 91.2 Å². The molecule has 0 N–H and O–H groups in total. The van der Waals surface area contributed by atoms with Crippen LogP contribution in [0.1, 0.15) is 11.1 Å². The van der Waals surface area contributed by atoms with E-state index in [0.29, 0.717) is 45.3 Å². The summed E-state index contributed by atoms with van der Waals surface area (Å²) in [5.74, 6) is 1.16. The lowest BCUT2D eigenvalue weighted by Crippen LogP contribution is -2.04. The number of fused-ring (bicyclic) bond motifs is 3. The molecule has 0 unspecified atom stereocenters. The summed E-state index contributed by atoms with van der Waals surface area (Å²) in [6, 6.07) is 64.6. The second-order valence-corrected chi connectivity index (χ2v) is 14.4. The molecule has 0 aliphatic carbocycles. The van der Waals surface area contributed by atoms with Crippen LogP contribution in [-0.4, -0.2) is 19.5 Å². The van der Waals surface area contributed by atoms with Crippen LogP contribution in [0, 0.1) is 28.5 Å². The zero-order chi connectivity index (χ0) is 40.6. The summed E-state index contributed by atoms with van der Waals surface area (Å²) in [5, 5.41) is 22.0. The van der Waals surface area contributed by atoms with Gasteiger partial charge in [-0.3, -0.25) is 0 Å². The predicted octanol–water partition coefficient (Wildman–Crippen LogP) is 12.9. The zero-order valence-corrected chi connectivity index (χ0v) is 32.0. The van der Waals surface area contributed by atoms with Crippen LogP contribution in [-0.2, 0) is 0 Å². The maximum Gasteiger partial charge on any atom is 0.166 e. The van der Waals surface area contributed by atoms with E-state index in [9.17, 15) is 10.5 Å². The number of hydrogen-bond acceptors (Lipinski definition) is 5. The molecular formula is C53H31FN6. The molecule has 0 atom stereocenters. The van der Waals surface area contributed by atoms with Gasteiger partial charge in [-0.1, -0.05) is 133 Å². The van der Waals surface area contributed by atoms with E-state index in [1.165, 1.54) is 6.07 Å². The van der Waals surface area contributed by atoms with Crippen molar-refractivity contribution in [1.82, 2.24) is 19.5 Å². The van der Waals surface area contributed by atoms with E-state index in [1.807, 2.05) is 146 Å². The Labute approximate surface area is 345 Å². The second-order valence-electron chi connectivity index (χ2n) is 14.4. The Hall–Kier alpha value is -8.52. The van der Waals surface area contributed by atoms with E-state index in [0.717, 1.165) is 60.9 Å². The third kappa shape index (κ3) is 6.34. The number of nitrogens with zero attached hydrogens (tertiary/aromatic N) is 6. The average Bonchev–Trinajstić information content (AvgIpc) is 3.64. The van der Waals surface area contributed by atoms with Gasteiger partial charge in [-0.2, -0.15) is 10.5 Å². The highest BCUT2D eigenvalue weighted by atomic mass is 19.1. The van der Waals surface area contributed by atoms with E-state index in [1.54, 1.807) is 12.1 Å². The molecule has 60 heavy (non-hydrogen) atoms. The molecule has 280 valence electrons. The van der Waals surface area contributed by atoms with Crippen LogP contribution in [0.3, 0.4) is 0 Å². The third-order valence-corrected chi connectivity index (χ3v) is 10.8. The van der Waals surface area contributed by atoms with E-state index in [2.05, 4.69) is 41.0 Å². The Kier molecular flexibility index (Phi) is 9.02. The average molecular weight is 771 g/mol. The Balaban J connectivity index is 1.30. The maximum absolute atomic E-state index is 15.6. The highest BCUT2D eigenvalue weighted by Gasteiger charge is 2.22. The molecule has 0 spiro atoms. The molecule has 10 rings (SSSR count). The van der Waals surface area contributed by atoms with Crippen molar-refractivity contribution in [3.63, 3.8) is 0 Å². The SMILES string of the molecule is N#Cc1ccccc1-c1ccc2c(c1)c1cc(-c3ccccc3C#N)ccc1n2-c1cc(-c2ccccc2F)ccc1-c1nc(-c2ccccc2)nc(-c2ccccc2)n1. The van der Waals surface area contributed by atoms with Crippen LogP contribution in [0.2, 0.25) is 0 Å². The highest BCUT2D eigenvalue weighted by molar-refractivity contribution is 6.12. The van der Waals surface area contributed by atoms with Crippen molar-refractivity contribution >= 4 is 21.8 Å². The minimum absolute atomic E-state index is 0.335. The number of nitriles is 2. The minimum Gasteiger partial charge on any atom is -0.308 e. The van der Waals surface area contributed by atoms with Gasteiger partial charge >= 0.3 is 0 Å². The Bertz CT molecular complexity index is 3190. The first-order valence-corrected chi connectivity index (χ1v) is 19.4. The van der Waals surface area contributed by atoms with Gasteiger partial charge in [-0.15, -0.1) is 0 Å². The molecule has 0 amide bonds. The van der Waals surface area contributed by atoms with Crippen LogP contribution in [0.5, 0.6) is 0 Å². The molecule has 2 aromatic heterocycles. The summed E-state index contributed by atoms with van der Waals surface area (Å²) in [5.41, 5.74) is 10.6. The molecule has 0 aliphatic heterocycles. The summed E-state index contributed by atoms with van der Waals surface area (Å²) < 4.78 is 17.8. The normalized spacial score (nSPS) is 11.1. The molecule has 10 aromatic rings. The predicted molar refractivity (Wildman–Crippen MR) is 236 cm³/mol. The first-order valence-electron chi connectivity index (χ1n) is 19.4. The fraction of sp³-hybridized carbons (Fsp3) is 0. The van der Waals surface area contributed by atoms with Crippen LogP contribution in [0.25, 0.3) is 95.0 Å². The van der Waals surface area contributed by atoms with Gasteiger partial charge in [0.1, 0.15) is 5.82 Å². The molecular weight excluding hydrogens is 740 g/mol. The van der Waals surface area contributed by atoms with Crippen LogP contribution in [0.15, 0.2) is 188 Å². The summed E-state index contributed by atoms with van der Waals surface area (Å²) in [7, 11) is 0. The van der Waals surface area contributed by atoms with E-state index in [-0.39, 0.29) is 5.82 Å². The molecule has 6 nitrogen and oxygen atoms in total. The monoisotopic (exact) mass is 770 g/mol. The lowest BCUT2D eigenvalue weighted by molar-refractivity contribution is 0.631. The number of halogens is 1. The van der Waals surface area contributed by atoms with Gasteiger partial charge in [0, 0.05) is 33.0 Å². The van der Waals surface area contributed by atoms with Gasteiger partial charge in [0.15, 0.2) is 17.5 Å². The number of hydrogen-bond donors (Lipinski definition) is 0. The fourth-order valence-corrected chi connectivity index (χ4v) is 7.98. The third-order valence-electron chi connectivity index (χ3n) is 10.8. The first kappa shape index (κ1) is 35.9. The summed E-state index contributed by atoms with van der Waals surface area (Å²) in [6.07, 6.45) is 0. The van der Waals surface area contributed by atoms with E-state index < -0.39 is 0 Å². The van der Waals surface area contributed by atoms with Gasteiger partial charge in [0.2, 0.25) is 0 Å². The van der Waals surface area contributed by atoms with Crippen molar-refractivity contribution in [3.05, 3.63) is 205 Å². The van der Waals surface area contributed by atoms with Crippen LogP contribution >= 0.6 is 0 Å². The zero-order valence-electron chi connectivity index (χ0n) is 32.0.